The van der Waals surface area contributed by atoms with Crippen molar-refractivity contribution in [3.05, 3.63) is 24.3 Å². The zero-order valence-electron chi connectivity index (χ0n) is 7.43. The molecule has 0 saturated carbocycles. The molecular formula is C10H17N. The predicted molar refractivity (Wildman–Crippen MR) is 49.5 cm³/mol. The van der Waals surface area contributed by atoms with Crippen molar-refractivity contribution >= 4 is 0 Å². The van der Waals surface area contributed by atoms with Crippen LogP contribution in [0.2, 0.25) is 0 Å². The van der Waals surface area contributed by atoms with E-state index in [1.807, 2.05) is 0 Å². The lowest BCUT2D eigenvalue weighted by atomic mass is 9.93. The minimum atomic E-state index is 0.300. The van der Waals surface area contributed by atoms with Gasteiger partial charge in [0.05, 0.1) is 0 Å². The Bertz CT molecular complexity index is 166. The Hall–Kier alpha value is -0.560. The number of hydrogen-bond donors (Lipinski definition) is 1. The molecule has 0 saturated heterocycles. The van der Waals surface area contributed by atoms with Crippen LogP contribution in [-0.2, 0) is 0 Å². The molecule has 1 N–H and O–H groups in total. The van der Waals surface area contributed by atoms with Gasteiger partial charge in [-0.2, -0.15) is 0 Å². The molecule has 0 bridgehead atoms. The van der Waals surface area contributed by atoms with E-state index in [9.17, 15) is 0 Å². The summed E-state index contributed by atoms with van der Waals surface area (Å²) in [7, 11) is 0. The van der Waals surface area contributed by atoms with Gasteiger partial charge >= 0.3 is 0 Å². The Labute approximate surface area is 69.2 Å². The molecule has 1 aliphatic rings. The SMILES string of the molecule is CC1(C)/C=C\C=C/CCNC1. The summed E-state index contributed by atoms with van der Waals surface area (Å²) in [6, 6.07) is 0. The molecule has 0 atom stereocenters. The highest BCUT2D eigenvalue weighted by molar-refractivity contribution is 5.08. The lowest BCUT2D eigenvalue weighted by Crippen LogP contribution is -2.28. The molecule has 0 aliphatic carbocycles. The molecular weight excluding hydrogens is 134 g/mol. The van der Waals surface area contributed by atoms with Crippen molar-refractivity contribution in [1.29, 1.82) is 0 Å². The zero-order chi connectivity index (χ0) is 8.16. The van der Waals surface area contributed by atoms with Crippen LogP contribution in [0.5, 0.6) is 0 Å². The highest BCUT2D eigenvalue weighted by Crippen LogP contribution is 2.15. The van der Waals surface area contributed by atoms with E-state index in [-0.39, 0.29) is 0 Å². The molecule has 1 nitrogen and oxygen atoms in total. The Morgan fingerprint density at radius 2 is 2.09 bits per heavy atom. The summed E-state index contributed by atoms with van der Waals surface area (Å²) in [4.78, 5) is 0. The van der Waals surface area contributed by atoms with E-state index in [1.165, 1.54) is 0 Å². The summed E-state index contributed by atoms with van der Waals surface area (Å²) in [6.45, 7) is 6.66. The first-order chi connectivity index (χ1) is 5.21. The van der Waals surface area contributed by atoms with Gasteiger partial charge in [-0.1, -0.05) is 38.2 Å². The van der Waals surface area contributed by atoms with Gasteiger partial charge in [0.1, 0.15) is 0 Å². The molecule has 11 heavy (non-hydrogen) atoms. The first-order valence-electron chi connectivity index (χ1n) is 4.26. The van der Waals surface area contributed by atoms with Gasteiger partial charge in [-0.3, -0.25) is 0 Å². The molecule has 0 aromatic heterocycles. The fourth-order valence-corrected chi connectivity index (χ4v) is 1.15. The van der Waals surface area contributed by atoms with E-state index in [2.05, 4.69) is 43.5 Å². The molecule has 0 unspecified atom stereocenters. The first kappa shape index (κ1) is 8.54. The van der Waals surface area contributed by atoms with Gasteiger partial charge in [-0.25, -0.2) is 0 Å². The second kappa shape index (κ2) is 3.72. The van der Waals surface area contributed by atoms with E-state index >= 15 is 0 Å². The Morgan fingerprint density at radius 3 is 2.91 bits per heavy atom. The van der Waals surface area contributed by atoms with E-state index in [0.717, 1.165) is 19.5 Å². The fourth-order valence-electron chi connectivity index (χ4n) is 1.15. The summed E-state index contributed by atoms with van der Waals surface area (Å²) in [6.07, 6.45) is 9.87. The van der Waals surface area contributed by atoms with Crippen molar-refractivity contribution in [2.75, 3.05) is 13.1 Å². The average molecular weight is 151 g/mol. The number of rotatable bonds is 0. The summed E-state index contributed by atoms with van der Waals surface area (Å²) in [5.74, 6) is 0. The van der Waals surface area contributed by atoms with Gasteiger partial charge in [0, 0.05) is 6.54 Å². The van der Waals surface area contributed by atoms with Crippen LogP contribution >= 0.6 is 0 Å². The lowest BCUT2D eigenvalue weighted by molar-refractivity contribution is 0.437. The van der Waals surface area contributed by atoms with Crippen LogP contribution in [0.25, 0.3) is 0 Å². The third-order valence-electron chi connectivity index (χ3n) is 1.86. The Morgan fingerprint density at radius 1 is 1.27 bits per heavy atom. The lowest BCUT2D eigenvalue weighted by Gasteiger charge is -2.19. The number of nitrogens with one attached hydrogen (secondary N) is 1. The van der Waals surface area contributed by atoms with Crippen molar-refractivity contribution in [1.82, 2.24) is 5.32 Å². The summed E-state index contributed by atoms with van der Waals surface area (Å²) in [5.41, 5.74) is 0.300. The highest BCUT2D eigenvalue weighted by Gasteiger charge is 2.12. The van der Waals surface area contributed by atoms with Crippen LogP contribution in [0.3, 0.4) is 0 Å². The largest absolute Gasteiger partial charge is 0.316 e. The molecule has 0 amide bonds. The van der Waals surface area contributed by atoms with Gasteiger partial charge in [-0.15, -0.1) is 0 Å². The van der Waals surface area contributed by atoms with E-state index < -0.39 is 0 Å². The van der Waals surface area contributed by atoms with Crippen LogP contribution in [-0.4, -0.2) is 13.1 Å². The number of allylic oxidation sites excluding steroid dienone is 2. The zero-order valence-corrected chi connectivity index (χ0v) is 7.43. The Balaban J connectivity index is 2.56. The Kier molecular flexibility index (Phi) is 2.89. The van der Waals surface area contributed by atoms with E-state index in [0.29, 0.717) is 5.41 Å². The first-order valence-corrected chi connectivity index (χ1v) is 4.26. The second-order valence-electron chi connectivity index (χ2n) is 3.74. The maximum Gasteiger partial charge on any atom is 0.00374 e. The molecule has 0 aromatic rings. The normalized spacial score (nSPS) is 29.6. The maximum atomic E-state index is 3.42. The minimum absolute atomic E-state index is 0.300. The molecule has 1 aliphatic heterocycles. The van der Waals surface area contributed by atoms with Crippen molar-refractivity contribution in [2.45, 2.75) is 20.3 Å². The highest BCUT2D eigenvalue weighted by atomic mass is 14.9. The van der Waals surface area contributed by atoms with Crippen LogP contribution in [0.1, 0.15) is 20.3 Å². The van der Waals surface area contributed by atoms with Crippen molar-refractivity contribution < 1.29 is 0 Å². The van der Waals surface area contributed by atoms with Gasteiger partial charge < -0.3 is 5.32 Å². The molecule has 62 valence electrons. The summed E-state index contributed by atoms with van der Waals surface area (Å²) >= 11 is 0. The van der Waals surface area contributed by atoms with Gasteiger partial charge in [0.15, 0.2) is 0 Å². The second-order valence-corrected chi connectivity index (χ2v) is 3.74. The molecule has 1 heteroatoms. The summed E-state index contributed by atoms with van der Waals surface area (Å²) < 4.78 is 0. The molecule has 1 heterocycles. The van der Waals surface area contributed by atoms with Crippen molar-refractivity contribution in [3.8, 4) is 0 Å². The van der Waals surface area contributed by atoms with E-state index in [4.69, 9.17) is 0 Å². The monoisotopic (exact) mass is 151 g/mol. The molecule has 0 aromatic carbocycles. The average Bonchev–Trinajstić information content (AvgIpc) is 2.00. The van der Waals surface area contributed by atoms with Crippen LogP contribution in [0.15, 0.2) is 24.3 Å². The van der Waals surface area contributed by atoms with Crippen LogP contribution in [0.4, 0.5) is 0 Å². The van der Waals surface area contributed by atoms with Crippen LogP contribution < -0.4 is 5.32 Å². The summed E-state index contributed by atoms with van der Waals surface area (Å²) in [5, 5.41) is 3.42. The molecule has 1 rings (SSSR count). The molecule has 0 spiro atoms. The minimum Gasteiger partial charge on any atom is -0.316 e. The van der Waals surface area contributed by atoms with Gasteiger partial charge in [0.25, 0.3) is 0 Å². The number of hydrogen-bond acceptors (Lipinski definition) is 1. The topological polar surface area (TPSA) is 12.0 Å². The maximum absolute atomic E-state index is 3.42. The van der Waals surface area contributed by atoms with Crippen molar-refractivity contribution in [2.24, 2.45) is 5.41 Å². The fraction of sp³-hybridized carbons (Fsp3) is 0.600. The smallest absolute Gasteiger partial charge is 0.00374 e. The molecule has 0 radical (unpaired) electrons. The van der Waals surface area contributed by atoms with Crippen LogP contribution in [0, 0.1) is 5.41 Å². The molecule has 0 fully saturated rings. The third-order valence-corrected chi connectivity index (χ3v) is 1.86. The predicted octanol–water partition coefficient (Wildman–Crippen LogP) is 2.12. The third kappa shape index (κ3) is 3.38. The van der Waals surface area contributed by atoms with Crippen molar-refractivity contribution in [3.63, 3.8) is 0 Å². The quantitative estimate of drug-likeness (QED) is 0.559. The van der Waals surface area contributed by atoms with Gasteiger partial charge in [0.2, 0.25) is 0 Å². The van der Waals surface area contributed by atoms with E-state index in [1.54, 1.807) is 0 Å². The van der Waals surface area contributed by atoms with Gasteiger partial charge in [-0.05, 0) is 18.4 Å². The standard InChI is InChI=1S/C10H17N/c1-10(2)7-5-3-4-6-8-11-9-10/h3-5,7,11H,6,8-9H2,1-2H3/b4-3-,7-5-.